The maximum atomic E-state index is 12.5. The fourth-order valence-electron chi connectivity index (χ4n) is 2.09. The van der Waals surface area contributed by atoms with Gasteiger partial charge in [-0.2, -0.15) is 0 Å². The van der Waals surface area contributed by atoms with Gasteiger partial charge in [-0.15, -0.1) is 11.3 Å². The molecule has 3 nitrogen and oxygen atoms in total. The van der Waals surface area contributed by atoms with Gasteiger partial charge in [0.25, 0.3) is 10.0 Å². The van der Waals surface area contributed by atoms with E-state index in [2.05, 4.69) is 4.72 Å². The van der Waals surface area contributed by atoms with Crippen LogP contribution in [0.3, 0.4) is 0 Å². The first-order chi connectivity index (χ1) is 11.0. The zero-order chi connectivity index (χ0) is 16.4. The molecule has 0 spiro atoms. The van der Waals surface area contributed by atoms with Crippen LogP contribution in [0.25, 0.3) is 10.4 Å². The smallest absolute Gasteiger partial charge is 0.264 e. The van der Waals surface area contributed by atoms with Crippen molar-refractivity contribution in [1.29, 1.82) is 0 Å². The minimum atomic E-state index is -3.85. The van der Waals surface area contributed by atoms with Crippen LogP contribution >= 0.6 is 34.5 Å². The van der Waals surface area contributed by atoms with E-state index in [0.717, 1.165) is 10.4 Å². The van der Waals surface area contributed by atoms with Gasteiger partial charge in [-0.3, -0.25) is 4.72 Å². The summed E-state index contributed by atoms with van der Waals surface area (Å²) in [7, 11) is -3.85. The Morgan fingerprint density at radius 1 is 0.913 bits per heavy atom. The van der Waals surface area contributed by atoms with Crippen molar-refractivity contribution in [3.63, 3.8) is 0 Å². The third-order valence-electron chi connectivity index (χ3n) is 3.10. The highest BCUT2D eigenvalue weighted by molar-refractivity contribution is 7.93. The monoisotopic (exact) mass is 383 g/mol. The summed E-state index contributed by atoms with van der Waals surface area (Å²) in [6.45, 7) is 0. The molecule has 0 aliphatic carbocycles. The molecule has 0 fully saturated rings. The Bertz CT molecular complexity index is 917. The maximum absolute atomic E-state index is 12.5. The van der Waals surface area contributed by atoms with Gasteiger partial charge >= 0.3 is 0 Å². The largest absolute Gasteiger partial charge is 0.279 e. The van der Waals surface area contributed by atoms with E-state index in [1.165, 1.54) is 23.5 Å². The molecule has 0 radical (unpaired) electrons. The normalized spacial score (nSPS) is 11.4. The predicted octanol–water partition coefficient (Wildman–Crippen LogP) is 5.52. The van der Waals surface area contributed by atoms with E-state index in [1.807, 2.05) is 30.3 Å². The average Bonchev–Trinajstić information content (AvgIpc) is 2.95. The molecule has 0 saturated heterocycles. The number of benzene rings is 2. The lowest BCUT2D eigenvalue weighted by molar-refractivity contribution is 0.601. The van der Waals surface area contributed by atoms with Crippen LogP contribution in [-0.2, 0) is 10.0 Å². The Hall–Kier alpha value is -1.53. The Morgan fingerprint density at radius 3 is 2.22 bits per heavy atom. The molecule has 0 bridgehead atoms. The fraction of sp³-hybridized carbons (Fsp3) is 0. The van der Waals surface area contributed by atoms with Crippen molar-refractivity contribution in [2.24, 2.45) is 0 Å². The van der Waals surface area contributed by atoms with E-state index in [1.54, 1.807) is 17.5 Å². The van der Waals surface area contributed by atoms with Crippen molar-refractivity contribution in [3.05, 3.63) is 70.0 Å². The molecule has 118 valence electrons. The van der Waals surface area contributed by atoms with Crippen LogP contribution in [0, 0.1) is 0 Å². The van der Waals surface area contributed by atoms with Gasteiger partial charge in [-0.05, 0) is 23.8 Å². The van der Waals surface area contributed by atoms with Gasteiger partial charge in [0.1, 0.15) is 4.90 Å². The lowest BCUT2D eigenvalue weighted by atomic mass is 10.2. The van der Waals surface area contributed by atoms with Gasteiger partial charge in [-0.25, -0.2) is 8.42 Å². The Labute approximate surface area is 148 Å². The molecule has 2 aromatic carbocycles. The predicted molar refractivity (Wildman–Crippen MR) is 97.0 cm³/mol. The number of hydrogen-bond donors (Lipinski definition) is 1. The molecule has 0 aliphatic rings. The summed E-state index contributed by atoms with van der Waals surface area (Å²) >= 11 is 13.4. The van der Waals surface area contributed by atoms with E-state index < -0.39 is 10.0 Å². The van der Waals surface area contributed by atoms with Gasteiger partial charge in [0, 0.05) is 10.3 Å². The topological polar surface area (TPSA) is 46.2 Å². The summed E-state index contributed by atoms with van der Waals surface area (Å²) in [6, 6.07) is 16.1. The van der Waals surface area contributed by atoms with E-state index >= 15 is 0 Å². The molecule has 1 aromatic heterocycles. The van der Waals surface area contributed by atoms with Gasteiger partial charge in [0.2, 0.25) is 0 Å². The number of thiophene rings is 1. The number of rotatable bonds is 4. The lowest BCUT2D eigenvalue weighted by Gasteiger charge is -2.09. The molecular weight excluding hydrogens is 373 g/mol. The fourth-order valence-corrected chi connectivity index (χ4v) is 5.20. The van der Waals surface area contributed by atoms with Gasteiger partial charge in [0.05, 0.1) is 15.7 Å². The standard InChI is InChI=1S/C16H11Cl2NO2S2/c17-13-7-4-8-14(18)16(13)23(20,21)19-12-9-15(22-10-12)11-5-2-1-3-6-11/h1-10,19H. The van der Waals surface area contributed by atoms with Crippen molar-refractivity contribution >= 4 is 50.2 Å². The van der Waals surface area contributed by atoms with Crippen molar-refractivity contribution in [2.75, 3.05) is 4.72 Å². The van der Waals surface area contributed by atoms with Gasteiger partial charge in [0.15, 0.2) is 0 Å². The number of hydrogen-bond acceptors (Lipinski definition) is 3. The van der Waals surface area contributed by atoms with Crippen molar-refractivity contribution < 1.29 is 8.42 Å². The van der Waals surface area contributed by atoms with Crippen LogP contribution in [-0.4, -0.2) is 8.42 Å². The molecule has 0 atom stereocenters. The van der Waals surface area contributed by atoms with Crippen LogP contribution in [0.2, 0.25) is 10.0 Å². The van der Waals surface area contributed by atoms with Crippen LogP contribution < -0.4 is 4.72 Å². The van der Waals surface area contributed by atoms with E-state index in [4.69, 9.17) is 23.2 Å². The van der Waals surface area contributed by atoms with Crippen molar-refractivity contribution in [3.8, 4) is 10.4 Å². The van der Waals surface area contributed by atoms with Gasteiger partial charge in [-0.1, -0.05) is 59.6 Å². The molecule has 1 heterocycles. The van der Waals surface area contributed by atoms with Gasteiger partial charge < -0.3 is 0 Å². The SMILES string of the molecule is O=S(=O)(Nc1csc(-c2ccccc2)c1)c1c(Cl)cccc1Cl. The van der Waals surface area contributed by atoms with Crippen LogP contribution in [0.15, 0.2) is 64.9 Å². The number of anilines is 1. The zero-order valence-electron chi connectivity index (χ0n) is 11.7. The maximum Gasteiger partial charge on any atom is 0.264 e. The minimum absolute atomic E-state index is 0.0866. The van der Waals surface area contributed by atoms with E-state index in [9.17, 15) is 8.42 Å². The summed E-state index contributed by atoms with van der Waals surface area (Å²) < 4.78 is 27.5. The third-order valence-corrected chi connectivity index (χ3v) is 6.41. The highest BCUT2D eigenvalue weighted by Crippen LogP contribution is 2.33. The molecule has 7 heteroatoms. The van der Waals surface area contributed by atoms with Crippen molar-refractivity contribution in [2.45, 2.75) is 4.90 Å². The molecule has 0 saturated carbocycles. The summed E-state index contributed by atoms with van der Waals surface area (Å²) in [5.41, 5.74) is 1.50. The number of nitrogens with one attached hydrogen (secondary N) is 1. The summed E-state index contributed by atoms with van der Waals surface area (Å²) in [4.78, 5) is 0.851. The number of sulfonamides is 1. The first kappa shape index (κ1) is 16.3. The Kier molecular flexibility index (Phi) is 4.64. The highest BCUT2D eigenvalue weighted by atomic mass is 35.5. The summed E-state index contributed by atoms with van der Waals surface area (Å²) in [6.07, 6.45) is 0. The zero-order valence-corrected chi connectivity index (χ0v) is 14.8. The Morgan fingerprint density at radius 2 is 1.57 bits per heavy atom. The molecule has 1 N–H and O–H groups in total. The summed E-state index contributed by atoms with van der Waals surface area (Å²) in [5, 5.41) is 1.91. The second-order valence-corrected chi connectivity index (χ2v) is 8.07. The molecule has 0 unspecified atom stereocenters. The second-order valence-electron chi connectivity index (χ2n) is 4.72. The summed E-state index contributed by atoms with van der Waals surface area (Å²) in [5.74, 6) is 0. The Balaban J connectivity index is 1.92. The molecule has 3 aromatic rings. The quantitative estimate of drug-likeness (QED) is 0.644. The van der Waals surface area contributed by atoms with Crippen molar-refractivity contribution in [1.82, 2.24) is 0 Å². The number of halogens is 2. The van der Waals surface area contributed by atoms with Crippen LogP contribution in [0.4, 0.5) is 5.69 Å². The third kappa shape index (κ3) is 3.53. The molecular formula is C16H11Cl2NO2S2. The highest BCUT2D eigenvalue weighted by Gasteiger charge is 2.22. The molecule has 0 aliphatic heterocycles. The first-order valence-electron chi connectivity index (χ1n) is 6.58. The molecule has 3 rings (SSSR count). The average molecular weight is 384 g/mol. The van der Waals surface area contributed by atoms with E-state index in [-0.39, 0.29) is 14.9 Å². The second kappa shape index (κ2) is 6.53. The molecule has 23 heavy (non-hydrogen) atoms. The van der Waals surface area contributed by atoms with Crippen LogP contribution in [0.1, 0.15) is 0 Å². The van der Waals surface area contributed by atoms with Crippen LogP contribution in [0.5, 0.6) is 0 Å². The van der Waals surface area contributed by atoms with E-state index in [0.29, 0.717) is 5.69 Å². The minimum Gasteiger partial charge on any atom is -0.279 e. The molecule has 0 amide bonds. The first-order valence-corrected chi connectivity index (χ1v) is 9.70. The lowest BCUT2D eigenvalue weighted by Crippen LogP contribution is -2.13.